The van der Waals surface area contributed by atoms with Gasteiger partial charge in [-0.25, -0.2) is 0 Å². The van der Waals surface area contributed by atoms with Crippen LogP contribution in [0.5, 0.6) is 0 Å². The van der Waals surface area contributed by atoms with Crippen molar-refractivity contribution in [3.8, 4) is 0 Å². The van der Waals surface area contributed by atoms with Gasteiger partial charge in [-0.2, -0.15) is 17.0 Å². The molecule has 3 fully saturated rings. The Labute approximate surface area is 140 Å². The highest BCUT2D eigenvalue weighted by Crippen LogP contribution is 2.19. The number of piperazine rings is 1. The lowest BCUT2D eigenvalue weighted by Crippen LogP contribution is -2.53. The summed E-state index contributed by atoms with van der Waals surface area (Å²) in [7, 11) is -3.25. The summed E-state index contributed by atoms with van der Waals surface area (Å²) in [5.41, 5.74) is 0. The van der Waals surface area contributed by atoms with Crippen LogP contribution in [0.1, 0.15) is 44.9 Å². The van der Waals surface area contributed by atoms with Gasteiger partial charge in [0.15, 0.2) is 0 Å². The topological polar surface area (TPSA) is 53.1 Å². The molecule has 0 aliphatic carbocycles. The Kier molecular flexibility index (Phi) is 6.31. The van der Waals surface area contributed by atoms with Crippen molar-refractivity contribution >= 4 is 10.2 Å². The minimum absolute atomic E-state index is 0.425. The molecule has 7 heteroatoms. The molecule has 3 heterocycles. The molecule has 134 valence electrons. The normalized spacial score (nSPS) is 29.7. The zero-order valence-corrected chi connectivity index (χ0v) is 15.0. The van der Waals surface area contributed by atoms with Gasteiger partial charge in [0.05, 0.1) is 6.10 Å². The third-order valence-electron chi connectivity index (χ3n) is 5.34. The maximum absolute atomic E-state index is 12.8. The van der Waals surface area contributed by atoms with Gasteiger partial charge in [-0.3, -0.25) is 0 Å². The fourth-order valence-corrected chi connectivity index (χ4v) is 5.49. The first kappa shape index (κ1) is 17.6. The molecule has 0 bridgehead atoms. The molecule has 0 saturated carbocycles. The molecule has 23 heavy (non-hydrogen) atoms. The van der Waals surface area contributed by atoms with Gasteiger partial charge in [-0.1, -0.05) is 12.8 Å². The molecule has 3 aliphatic rings. The van der Waals surface area contributed by atoms with Crippen LogP contribution >= 0.6 is 0 Å². The molecule has 0 radical (unpaired) electrons. The molecule has 1 atom stereocenters. The van der Waals surface area contributed by atoms with Gasteiger partial charge in [0.25, 0.3) is 10.2 Å². The van der Waals surface area contributed by atoms with Crippen molar-refractivity contribution in [2.24, 2.45) is 0 Å². The molecule has 0 aromatic heterocycles. The van der Waals surface area contributed by atoms with Crippen LogP contribution in [0, 0.1) is 0 Å². The van der Waals surface area contributed by atoms with Crippen LogP contribution in [0.2, 0.25) is 0 Å². The summed E-state index contributed by atoms with van der Waals surface area (Å²) in [4.78, 5) is 2.39. The summed E-state index contributed by atoms with van der Waals surface area (Å²) >= 11 is 0. The largest absolute Gasteiger partial charge is 0.378 e. The Bertz CT molecular complexity index is 449. The van der Waals surface area contributed by atoms with Crippen LogP contribution in [0.15, 0.2) is 0 Å². The minimum Gasteiger partial charge on any atom is -0.378 e. The molecule has 0 spiro atoms. The Morgan fingerprint density at radius 2 is 1.48 bits per heavy atom. The molecule has 0 aromatic rings. The number of rotatable bonds is 5. The predicted octanol–water partition coefficient (Wildman–Crippen LogP) is 1.29. The summed E-state index contributed by atoms with van der Waals surface area (Å²) < 4.78 is 34.6. The molecule has 0 unspecified atom stereocenters. The third kappa shape index (κ3) is 4.66. The lowest BCUT2D eigenvalue weighted by atomic mass is 10.1. The molecule has 3 saturated heterocycles. The molecule has 3 aliphatic heterocycles. The average molecular weight is 346 g/mol. The van der Waals surface area contributed by atoms with Gasteiger partial charge in [0.1, 0.15) is 0 Å². The van der Waals surface area contributed by atoms with Gasteiger partial charge >= 0.3 is 0 Å². The average Bonchev–Trinajstić information content (AvgIpc) is 2.92. The second kappa shape index (κ2) is 8.25. The van der Waals surface area contributed by atoms with Gasteiger partial charge < -0.3 is 9.64 Å². The monoisotopic (exact) mass is 345 g/mol. The van der Waals surface area contributed by atoms with Crippen LogP contribution in [0.3, 0.4) is 0 Å². The highest BCUT2D eigenvalue weighted by Gasteiger charge is 2.32. The first-order chi connectivity index (χ1) is 11.2. The van der Waals surface area contributed by atoms with Crippen LogP contribution in [0.4, 0.5) is 0 Å². The lowest BCUT2D eigenvalue weighted by Gasteiger charge is -2.36. The standard InChI is InChI=1S/C16H31N3O3S/c20-23(21,18-8-3-1-2-4-9-18)19-13-11-17(12-14-19)10-7-16-6-5-15-22-16/h16H,1-15H2/t16-/m0/s1. The van der Waals surface area contributed by atoms with Crippen molar-refractivity contribution < 1.29 is 13.2 Å². The van der Waals surface area contributed by atoms with Gasteiger partial charge in [-0.15, -0.1) is 0 Å². The SMILES string of the molecule is O=S(=O)(N1CCCCCC1)N1CCN(CC[C@@H]2CCCO2)CC1. The Hall–Kier alpha value is -0.210. The highest BCUT2D eigenvalue weighted by molar-refractivity contribution is 7.86. The summed E-state index contributed by atoms with van der Waals surface area (Å²) in [6.45, 7) is 6.28. The maximum Gasteiger partial charge on any atom is 0.282 e. The smallest absolute Gasteiger partial charge is 0.282 e. The zero-order chi connectivity index (χ0) is 16.1. The van der Waals surface area contributed by atoms with Gasteiger partial charge in [0.2, 0.25) is 0 Å². The van der Waals surface area contributed by atoms with Gasteiger partial charge in [-0.05, 0) is 32.1 Å². The predicted molar refractivity (Wildman–Crippen MR) is 90.6 cm³/mol. The van der Waals surface area contributed by atoms with Crippen molar-refractivity contribution in [2.75, 3.05) is 52.4 Å². The van der Waals surface area contributed by atoms with E-state index in [4.69, 9.17) is 4.74 Å². The minimum atomic E-state index is -3.25. The summed E-state index contributed by atoms with van der Waals surface area (Å²) in [5.74, 6) is 0. The molecule has 0 amide bonds. The first-order valence-electron chi connectivity index (χ1n) is 9.25. The van der Waals surface area contributed by atoms with E-state index in [2.05, 4.69) is 4.90 Å². The number of hydrogen-bond acceptors (Lipinski definition) is 4. The fourth-order valence-electron chi connectivity index (χ4n) is 3.82. The quantitative estimate of drug-likeness (QED) is 0.753. The molecular formula is C16H31N3O3S. The van der Waals surface area contributed by atoms with E-state index in [1.807, 2.05) is 0 Å². The van der Waals surface area contributed by atoms with Crippen LogP contribution in [-0.4, -0.2) is 80.5 Å². The zero-order valence-electron chi connectivity index (χ0n) is 14.2. The number of nitrogens with zero attached hydrogens (tertiary/aromatic N) is 3. The van der Waals surface area contributed by atoms with Crippen molar-refractivity contribution in [3.63, 3.8) is 0 Å². The van der Waals surface area contributed by atoms with E-state index < -0.39 is 10.2 Å². The van der Waals surface area contributed by atoms with E-state index in [1.165, 1.54) is 12.8 Å². The first-order valence-corrected chi connectivity index (χ1v) is 10.6. The highest BCUT2D eigenvalue weighted by atomic mass is 32.2. The second-order valence-corrected chi connectivity index (χ2v) is 8.91. The van der Waals surface area contributed by atoms with E-state index >= 15 is 0 Å². The van der Waals surface area contributed by atoms with Crippen LogP contribution in [-0.2, 0) is 14.9 Å². The van der Waals surface area contributed by atoms with Crippen molar-refractivity contribution in [1.29, 1.82) is 0 Å². The summed E-state index contributed by atoms with van der Waals surface area (Å²) in [6.07, 6.45) is 8.19. The third-order valence-corrected chi connectivity index (χ3v) is 7.38. The molecule has 6 nitrogen and oxygen atoms in total. The molecule has 0 N–H and O–H groups in total. The van der Waals surface area contributed by atoms with Crippen molar-refractivity contribution in [2.45, 2.75) is 51.0 Å². The summed E-state index contributed by atoms with van der Waals surface area (Å²) in [6, 6.07) is 0. The summed E-state index contributed by atoms with van der Waals surface area (Å²) in [5, 5.41) is 0. The number of hydrogen-bond donors (Lipinski definition) is 0. The molecule has 3 rings (SSSR count). The van der Waals surface area contributed by atoms with E-state index in [0.717, 1.165) is 58.3 Å². The van der Waals surface area contributed by atoms with Gasteiger partial charge in [0, 0.05) is 52.4 Å². The van der Waals surface area contributed by atoms with Crippen molar-refractivity contribution in [1.82, 2.24) is 13.5 Å². The number of ether oxygens (including phenoxy) is 1. The molecular weight excluding hydrogens is 314 g/mol. The lowest BCUT2D eigenvalue weighted by molar-refractivity contribution is 0.0855. The van der Waals surface area contributed by atoms with Crippen molar-refractivity contribution in [3.05, 3.63) is 0 Å². The van der Waals surface area contributed by atoms with E-state index in [9.17, 15) is 8.42 Å². The Morgan fingerprint density at radius 1 is 0.826 bits per heavy atom. The Morgan fingerprint density at radius 3 is 2.09 bits per heavy atom. The van der Waals surface area contributed by atoms with Crippen LogP contribution in [0.25, 0.3) is 0 Å². The van der Waals surface area contributed by atoms with E-state index in [1.54, 1.807) is 8.61 Å². The van der Waals surface area contributed by atoms with E-state index in [0.29, 0.717) is 32.3 Å². The molecule has 0 aromatic carbocycles. The fraction of sp³-hybridized carbons (Fsp3) is 1.00. The maximum atomic E-state index is 12.8. The van der Waals surface area contributed by atoms with Crippen LogP contribution < -0.4 is 0 Å². The Balaban J connectivity index is 1.45. The second-order valence-electron chi connectivity index (χ2n) is 6.99. The van der Waals surface area contributed by atoms with E-state index in [-0.39, 0.29) is 0 Å².